The number of carboxylic acid groups (broad SMARTS) is 1. The Morgan fingerprint density at radius 3 is 2.52 bits per heavy atom. The van der Waals surface area contributed by atoms with Crippen molar-refractivity contribution in [3.05, 3.63) is 53.6 Å². The Labute approximate surface area is 251 Å². The van der Waals surface area contributed by atoms with Crippen LogP contribution in [0.15, 0.2) is 42.5 Å². The smallest absolute Gasteiger partial charge is 0.308 e. The molecule has 2 aromatic carbocycles. The first-order chi connectivity index (χ1) is 20.0. The van der Waals surface area contributed by atoms with E-state index >= 15 is 0 Å². The summed E-state index contributed by atoms with van der Waals surface area (Å²) in [6.07, 6.45) is 4.70. The Morgan fingerprint density at radius 1 is 1.07 bits per heavy atom. The molecular formula is C34H50N3O5+. The SMILES string of the molecule is CCCCN(C(=O)CN1C[C@H](c2ccc3c(c2)OCO3)[C@@H](C(=O)O)[C@@H]1CC(C)CCC)c1cccc(C[N+](C)(C)C)c1. The summed E-state index contributed by atoms with van der Waals surface area (Å²) < 4.78 is 11.9. The maximum Gasteiger partial charge on any atom is 0.308 e. The summed E-state index contributed by atoms with van der Waals surface area (Å²) in [5, 5.41) is 10.6. The molecule has 2 aliphatic rings. The molecule has 1 saturated heterocycles. The Bertz CT molecular complexity index is 1230. The molecule has 1 unspecified atom stereocenters. The van der Waals surface area contributed by atoms with E-state index in [0.29, 0.717) is 30.5 Å². The highest BCUT2D eigenvalue weighted by molar-refractivity contribution is 5.95. The first-order valence-electron chi connectivity index (χ1n) is 15.6. The van der Waals surface area contributed by atoms with Crippen LogP contribution in [0.3, 0.4) is 0 Å². The maximum atomic E-state index is 14.1. The highest BCUT2D eigenvalue weighted by Gasteiger charge is 2.47. The first-order valence-corrected chi connectivity index (χ1v) is 15.6. The van der Waals surface area contributed by atoms with E-state index in [-0.39, 0.29) is 31.2 Å². The number of likely N-dealkylation sites (tertiary alicyclic amines) is 1. The van der Waals surface area contributed by atoms with Gasteiger partial charge in [0.25, 0.3) is 0 Å². The number of ether oxygens (including phenoxy) is 2. The Balaban J connectivity index is 1.63. The third-order valence-corrected chi connectivity index (χ3v) is 8.54. The van der Waals surface area contributed by atoms with Gasteiger partial charge < -0.3 is 24.0 Å². The van der Waals surface area contributed by atoms with Crippen molar-refractivity contribution in [1.29, 1.82) is 0 Å². The van der Waals surface area contributed by atoms with E-state index in [0.717, 1.165) is 54.4 Å². The monoisotopic (exact) mass is 580 g/mol. The molecule has 4 rings (SSSR count). The van der Waals surface area contributed by atoms with Crippen molar-refractivity contribution in [3.63, 3.8) is 0 Å². The van der Waals surface area contributed by atoms with Crippen LogP contribution in [-0.4, -0.2) is 80.0 Å². The number of hydrogen-bond donors (Lipinski definition) is 1. The zero-order chi connectivity index (χ0) is 30.4. The summed E-state index contributed by atoms with van der Waals surface area (Å²) in [6, 6.07) is 13.8. The predicted octanol–water partition coefficient (Wildman–Crippen LogP) is 5.75. The van der Waals surface area contributed by atoms with Gasteiger partial charge in [0, 0.05) is 36.3 Å². The summed E-state index contributed by atoms with van der Waals surface area (Å²) in [5.74, 6) is 0.0458. The number of carboxylic acids is 1. The average Bonchev–Trinajstić information content (AvgIpc) is 3.52. The number of rotatable bonds is 14. The van der Waals surface area contributed by atoms with Gasteiger partial charge in [-0.1, -0.05) is 58.2 Å². The molecule has 1 N–H and O–H groups in total. The second-order valence-corrected chi connectivity index (χ2v) is 13.2. The summed E-state index contributed by atoms with van der Waals surface area (Å²) >= 11 is 0. The number of quaternary nitrogens is 1. The van der Waals surface area contributed by atoms with Crippen molar-refractivity contribution in [3.8, 4) is 11.5 Å². The lowest BCUT2D eigenvalue weighted by molar-refractivity contribution is -0.884. The van der Waals surface area contributed by atoms with Gasteiger partial charge in [0.15, 0.2) is 11.5 Å². The van der Waals surface area contributed by atoms with Gasteiger partial charge in [-0.2, -0.15) is 0 Å². The minimum atomic E-state index is -0.808. The molecule has 8 nitrogen and oxygen atoms in total. The third-order valence-electron chi connectivity index (χ3n) is 8.54. The fourth-order valence-corrected chi connectivity index (χ4v) is 6.63. The first kappa shape index (κ1) is 31.8. The van der Waals surface area contributed by atoms with Gasteiger partial charge in [-0.3, -0.25) is 14.5 Å². The number of unbranched alkanes of at least 4 members (excludes halogenated alkanes) is 1. The van der Waals surface area contributed by atoms with Gasteiger partial charge in [-0.05, 0) is 48.6 Å². The van der Waals surface area contributed by atoms with Gasteiger partial charge in [0.2, 0.25) is 12.7 Å². The molecule has 0 aromatic heterocycles. The van der Waals surface area contributed by atoms with Gasteiger partial charge in [0.1, 0.15) is 6.54 Å². The lowest BCUT2D eigenvalue weighted by Crippen LogP contribution is -2.45. The highest BCUT2D eigenvalue weighted by Crippen LogP contribution is 2.43. The molecule has 42 heavy (non-hydrogen) atoms. The molecule has 1 fully saturated rings. The van der Waals surface area contributed by atoms with Crippen LogP contribution in [0, 0.1) is 11.8 Å². The van der Waals surface area contributed by atoms with Crippen molar-refractivity contribution in [1.82, 2.24) is 4.90 Å². The molecule has 2 aliphatic heterocycles. The molecule has 0 saturated carbocycles. The number of carbonyl (C=O) groups is 2. The molecule has 8 heteroatoms. The Morgan fingerprint density at radius 2 is 1.83 bits per heavy atom. The van der Waals surface area contributed by atoms with E-state index in [1.165, 1.54) is 5.56 Å². The van der Waals surface area contributed by atoms with E-state index in [2.05, 4.69) is 58.9 Å². The predicted molar refractivity (Wildman–Crippen MR) is 166 cm³/mol. The largest absolute Gasteiger partial charge is 0.481 e. The second-order valence-electron chi connectivity index (χ2n) is 13.2. The third kappa shape index (κ3) is 7.84. The molecule has 2 heterocycles. The van der Waals surface area contributed by atoms with Crippen LogP contribution in [0.1, 0.15) is 69.9 Å². The van der Waals surface area contributed by atoms with Crippen LogP contribution in [0.4, 0.5) is 5.69 Å². The number of nitrogens with zero attached hydrogens (tertiary/aromatic N) is 3. The standard InChI is InChI=1S/C34H49N3O5/c1-7-9-16-36(27-13-10-12-25(18-27)22-37(4,5)6)32(38)21-35-20-28(26-14-15-30-31(19-26)42-23-41-30)33(34(39)40)29(35)17-24(3)11-8-2/h10,12-15,18-19,24,28-29,33H,7-9,11,16-17,20-23H2,1-6H3/p+1/t24?,28-,29+,33-/m1/s1. The quantitative estimate of drug-likeness (QED) is 0.287. The van der Waals surface area contributed by atoms with Gasteiger partial charge in [-0.15, -0.1) is 0 Å². The van der Waals surface area contributed by atoms with Crippen LogP contribution in [0.2, 0.25) is 0 Å². The molecule has 4 atom stereocenters. The number of amides is 1. The molecule has 0 spiro atoms. The van der Waals surface area contributed by atoms with Gasteiger partial charge in [-0.25, -0.2) is 0 Å². The lowest BCUT2D eigenvalue weighted by atomic mass is 9.81. The van der Waals surface area contributed by atoms with Crippen LogP contribution in [0.5, 0.6) is 11.5 Å². The van der Waals surface area contributed by atoms with Gasteiger partial charge >= 0.3 is 5.97 Å². The van der Waals surface area contributed by atoms with E-state index in [1.54, 1.807) is 0 Å². The molecule has 0 aliphatic carbocycles. The Hall–Kier alpha value is -3.10. The number of hydrogen-bond acceptors (Lipinski definition) is 5. The summed E-state index contributed by atoms with van der Waals surface area (Å²) in [5.41, 5.74) is 3.03. The number of aliphatic carboxylic acids is 1. The molecule has 1 amide bonds. The van der Waals surface area contributed by atoms with E-state index in [1.807, 2.05) is 35.2 Å². The van der Waals surface area contributed by atoms with Crippen molar-refractivity contribution in [2.75, 3.05) is 52.5 Å². The normalized spacial score (nSPS) is 21.0. The van der Waals surface area contributed by atoms with Crippen LogP contribution < -0.4 is 14.4 Å². The van der Waals surface area contributed by atoms with Crippen molar-refractivity contribution < 1.29 is 28.7 Å². The van der Waals surface area contributed by atoms with Gasteiger partial charge in [0.05, 0.1) is 33.6 Å². The van der Waals surface area contributed by atoms with Crippen molar-refractivity contribution in [2.24, 2.45) is 11.8 Å². The number of benzene rings is 2. The average molecular weight is 581 g/mol. The zero-order valence-corrected chi connectivity index (χ0v) is 26.3. The maximum absolute atomic E-state index is 14.1. The minimum absolute atomic E-state index is 0.0227. The van der Waals surface area contributed by atoms with Crippen molar-refractivity contribution in [2.45, 2.75) is 71.4 Å². The highest BCUT2D eigenvalue weighted by atomic mass is 16.7. The van der Waals surface area contributed by atoms with E-state index in [4.69, 9.17) is 9.47 Å². The molecule has 230 valence electrons. The van der Waals surface area contributed by atoms with Crippen molar-refractivity contribution >= 4 is 17.6 Å². The summed E-state index contributed by atoms with van der Waals surface area (Å²) in [4.78, 5) is 31.1. The number of anilines is 1. The Kier molecular flexibility index (Phi) is 10.5. The summed E-state index contributed by atoms with van der Waals surface area (Å²) in [7, 11) is 6.49. The molecule has 0 bridgehead atoms. The molecule has 0 radical (unpaired) electrons. The lowest BCUT2D eigenvalue weighted by Gasteiger charge is -2.31. The van der Waals surface area contributed by atoms with Crippen LogP contribution >= 0.6 is 0 Å². The minimum Gasteiger partial charge on any atom is -0.481 e. The topological polar surface area (TPSA) is 79.3 Å². The van der Waals surface area contributed by atoms with Crippen LogP contribution in [-0.2, 0) is 16.1 Å². The second kappa shape index (κ2) is 13.9. The van der Waals surface area contributed by atoms with E-state index in [9.17, 15) is 14.7 Å². The van der Waals surface area contributed by atoms with E-state index < -0.39 is 11.9 Å². The zero-order valence-electron chi connectivity index (χ0n) is 26.3. The fourth-order valence-electron chi connectivity index (χ4n) is 6.63. The number of carbonyl (C=O) groups excluding carboxylic acids is 1. The molecule has 2 aromatic rings. The fraction of sp³-hybridized carbons (Fsp3) is 0.588. The van der Waals surface area contributed by atoms with Crippen LogP contribution in [0.25, 0.3) is 0 Å². The summed E-state index contributed by atoms with van der Waals surface area (Å²) in [6.45, 7) is 8.87. The number of fused-ring (bicyclic) bond motifs is 1. The molecular weight excluding hydrogens is 530 g/mol.